The number of hydrogen-bond acceptors (Lipinski definition) is 5. The summed E-state index contributed by atoms with van der Waals surface area (Å²) < 4.78 is 39.2. The Morgan fingerprint density at radius 3 is 2.24 bits per heavy atom. The van der Waals surface area contributed by atoms with Crippen LogP contribution in [0.25, 0.3) is 0 Å². The average Bonchev–Trinajstić information content (AvgIpc) is 2.72. The number of ether oxygens (including phenoxy) is 2. The largest absolute Gasteiger partial charge is 0.497 e. The molecular weight excluding hydrogens is 388 g/mol. The Hall–Kier alpha value is -2.99. The Labute approximate surface area is 171 Å². The third kappa shape index (κ3) is 4.22. The van der Waals surface area contributed by atoms with Crippen molar-refractivity contribution in [1.82, 2.24) is 0 Å². The topological polar surface area (TPSA) is 61.8 Å². The summed E-state index contributed by atoms with van der Waals surface area (Å²) in [4.78, 5) is 0. The van der Waals surface area contributed by atoms with Gasteiger partial charge in [0, 0.05) is 23.5 Å². The lowest BCUT2D eigenvalue weighted by molar-refractivity contribution is 0.247. The van der Waals surface area contributed by atoms with Gasteiger partial charge in [-0.15, -0.1) is 0 Å². The molecule has 1 heterocycles. The zero-order valence-corrected chi connectivity index (χ0v) is 17.1. The monoisotopic (exact) mass is 410 g/mol. The predicted octanol–water partition coefficient (Wildman–Crippen LogP) is 4.34. The third-order valence-electron chi connectivity index (χ3n) is 5.09. The lowest BCUT2D eigenvalue weighted by Gasteiger charge is -2.34. The SMILES string of the molecule is COc1ccc2c(c1)OC[C@@H](c1ccccc1)[C@H]2c1ccc(OS(C)(=O)=O)cc1. The zero-order valence-electron chi connectivity index (χ0n) is 16.2. The maximum atomic E-state index is 11.4. The second-order valence-corrected chi connectivity index (χ2v) is 8.64. The summed E-state index contributed by atoms with van der Waals surface area (Å²) in [5, 5.41) is 0. The first-order valence-electron chi connectivity index (χ1n) is 9.30. The highest BCUT2D eigenvalue weighted by Gasteiger charge is 2.33. The van der Waals surface area contributed by atoms with Crippen LogP contribution >= 0.6 is 0 Å². The van der Waals surface area contributed by atoms with E-state index in [0.29, 0.717) is 12.4 Å². The van der Waals surface area contributed by atoms with Gasteiger partial charge < -0.3 is 13.7 Å². The summed E-state index contributed by atoms with van der Waals surface area (Å²) in [6, 6.07) is 23.4. The first-order valence-corrected chi connectivity index (χ1v) is 11.1. The van der Waals surface area contributed by atoms with Crippen LogP contribution in [0.4, 0.5) is 0 Å². The molecule has 0 spiro atoms. The molecule has 0 N–H and O–H groups in total. The van der Waals surface area contributed by atoms with Gasteiger partial charge in [-0.05, 0) is 29.3 Å². The van der Waals surface area contributed by atoms with Crippen molar-refractivity contribution in [3.8, 4) is 17.2 Å². The van der Waals surface area contributed by atoms with Gasteiger partial charge in [-0.25, -0.2) is 0 Å². The van der Waals surface area contributed by atoms with E-state index in [1.54, 1.807) is 19.2 Å². The summed E-state index contributed by atoms with van der Waals surface area (Å²) >= 11 is 0. The van der Waals surface area contributed by atoms with E-state index in [1.165, 1.54) is 5.56 Å². The van der Waals surface area contributed by atoms with Crippen molar-refractivity contribution in [2.24, 2.45) is 0 Å². The van der Waals surface area contributed by atoms with E-state index in [1.807, 2.05) is 48.5 Å². The molecule has 3 aromatic carbocycles. The van der Waals surface area contributed by atoms with Crippen molar-refractivity contribution in [2.75, 3.05) is 20.0 Å². The van der Waals surface area contributed by atoms with Gasteiger partial charge in [0.1, 0.15) is 17.2 Å². The molecule has 0 bridgehead atoms. The molecule has 0 aliphatic carbocycles. The van der Waals surface area contributed by atoms with E-state index in [2.05, 4.69) is 12.1 Å². The molecule has 3 aromatic rings. The molecule has 29 heavy (non-hydrogen) atoms. The molecule has 4 rings (SSSR count). The number of fused-ring (bicyclic) bond motifs is 1. The van der Waals surface area contributed by atoms with Crippen molar-refractivity contribution < 1.29 is 22.1 Å². The highest BCUT2D eigenvalue weighted by molar-refractivity contribution is 7.86. The van der Waals surface area contributed by atoms with Crippen LogP contribution in [0.3, 0.4) is 0 Å². The fourth-order valence-corrected chi connectivity index (χ4v) is 4.28. The highest BCUT2D eigenvalue weighted by Crippen LogP contribution is 2.47. The van der Waals surface area contributed by atoms with Crippen LogP contribution in [0.5, 0.6) is 17.2 Å². The van der Waals surface area contributed by atoms with Gasteiger partial charge in [0.05, 0.1) is 20.0 Å². The van der Waals surface area contributed by atoms with Gasteiger partial charge in [0.2, 0.25) is 0 Å². The summed E-state index contributed by atoms with van der Waals surface area (Å²) in [6.07, 6.45) is 1.04. The average molecular weight is 410 g/mol. The van der Waals surface area contributed by atoms with Gasteiger partial charge in [-0.1, -0.05) is 48.5 Å². The van der Waals surface area contributed by atoms with Gasteiger partial charge in [-0.3, -0.25) is 0 Å². The third-order valence-corrected chi connectivity index (χ3v) is 5.59. The summed E-state index contributed by atoms with van der Waals surface area (Å²) in [5.41, 5.74) is 3.33. The fraction of sp³-hybridized carbons (Fsp3) is 0.217. The normalized spacial score (nSPS) is 18.4. The lowest BCUT2D eigenvalue weighted by atomic mass is 9.76. The van der Waals surface area contributed by atoms with E-state index in [9.17, 15) is 8.42 Å². The van der Waals surface area contributed by atoms with Crippen LogP contribution < -0.4 is 13.7 Å². The Balaban J connectivity index is 1.77. The Morgan fingerprint density at radius 1 is 0.897 bits per heavy atom. The molecule has 5 nitrogen and oxygen atoms in total. The van der Waals surface area contributed by atoms with Crippen LogP contribution in [0.1, 0.15) is 28.5 Å². The van der Waals surface area contributed by atoms with Crippen molar-refractivity contribution in [1.29, 1.82) is 0 Å². The van der Waals surface area contributed by atoms with Crippen LogP contribution in [-0.4, -0.2) is 28.4 Å². The van der Waals surface area contributed by atoms with Gasteiger partial charge >= 0.3 is 10.1 Å². The zero-order chi connectivity index (χ0) is 20.4. The van der Waals surface area contributed by atoms with Crippen molar-refractivity contribution in [3.63, 3.8) is 0 Å². The number of methoxy groups -OCH3 is 1. The molecular formula is C23H22O5S. The molecule has 1 aliphatic heterocycles. The number of hydrogen-bond donors (Lipinski definition) is 0. The molecule has 0 fully saturated rings. The Morgan fingerprint density at radius 2 is 1.59 bits per heavy atom. The molecule has 6 heteroatoms. The molecule has 0 saturated heterocycles. The minimum Gasteiger partial charge on any atom is -0.497 e. The molecule has 1 aliphatic rings. The number of rotatable bonds is 5. The van der Waals surface area contributed by atoms with Crippen molar-refractivity contribution in [3.05, 3.63) is 89.5 Å². The van der Waals surface area contributed by atoms with Crippen LogP contribution in [-0.2, 0) is 10.1 Å². The van der Waals surface area contributed by atoms with Crippen LogP contribution in [0.15, 0.2) is 72.8 Å². The van der Waals surface area contributed by atoms with Crippen LogP contribution in [0.2, 0.25) is 0 Å². The molecule has 0 saturated carbocycles. The highest BCUT2D eigenvalue weighted by atomic mass is 32.2. The number of benzene rings is 3. The molecule has 150 valence electrons. The minimum atomic E-state index is -3.56. The Kier molecular flexibility index (Phi) is 5.20. The summed E-state index contributed by atoms with van der Waals surface area (Å²) in [5.74, 6) is 2.03. The van der Waals surface area contributed by atoms with E-state index >= 15 is 0 Å². The second kappa shape index (κ2) is 7.79. The molecule has 0 radical (unpaired) electrons. The fourth-order valence-electron chi connectivity index (χ4n) is 3.82. The molecule has 2 atom stereocenters. The van der Waals surface area contributed by atoms with E-state index in [4.69, 9.17) is 13.7 Å². The lowest BCUT2D eigenvalue weighted by Crippen LogP contribution is -2.25. The second-order valence-electron chi connectivity index (χ2n) is 7.07. The van der Waals surface area contributed by atoms with Gasteiger partial charge in [0.15, 0.2) is 0 Å². The van der Waals surface area contributed by atoms with Crippen molar-refractivity contribution in [2.45, 2.75) is 11.8 Å². The van der Waals surface area contributed by atoms with Crippen LogP contribution in [0, 0.1) is 0 Å². The maximum absolute atomic E-state index is 11.4. The van der Waals surface area contributed by atoms with Crippen molar-refractivity contribution >= 4 is 10.1 Å². The van der Waals surface area contributed by atoms with E-state index in [-0.39, 0.29) is 11.8 Å². The molecule has 0 amide bonds. The van der Waals surface area contributed by atoms with E-state index in [0.717, 1.165) is 28.9 Å². The summed E-state index contributed by atoms with van der Waals surface area (Å²) in [7, 11) is -1.92. The van der Waals surface area contributed by atoms with Gasteiger partial charge in [-0.2, -0.15) is 8.42 Å². The first kappa shape index (κ1) is 19.3. The molecule has 0 unspecified atom stereocenters. The van der Waals surface area contributed by atoms with E-state index < -0.39 is 10.1 Å². The maximum Gasteiger partial charge on any atom is 0.306 e. The first-order chi connectivity index (χ1) is 13.9. The van der Waals surface area contributed by atoms with Gasteiger partial charge in [0.25, 0.3) is 0 Å². The standard InChI is InChI=1S/C23H22O5S/c1-26-19-12-13-20-22(14-19)27-15-21(16-6-4-3-5-7-16)23(20)17-8-10-18(11-9-17)28-29(2,24)25/h3-14,21,23H,15H2,1-2H3/t21-,23-/m0/s1. The molecule has 0 aromatic heterocycles. The minimum absolute atomic E-state index is 0.0549. The quantitative estimate of drug-likeness (QED) is 0.586. The smallest absolute Gasteiger partial charge is 0.306 e. The predicted molar refractivity (Wildman–Crippen MR) is 111 cm³/mol. The Bertz CT molecular complexity index is 1090. The summed E-state index contributed by atoms with van der Waals surface area (Å²) in [6.45, 7) is 0.538.